The number of hydrogen-bond acceptors (Lipinski definition) is 3. The van der Waals surface area contributed by atoms with Crippen molar-refractivity contribution in [3.8, 4) is 5.75 Å². The molecule has 1 aromatic carbocycles. The van der Waals surface area contributed by atoms with Crippen molar-refractivity contribution in [1.29, 1.82) is 0 Å². The molecule has 1 amide bonds. The Balaban J connectivity index is 2.54. The number of amides is 1. The first-order valence-corrected chi connectivity index (χ1v) is 5.23. The van der Waals surface area contributed by atoms with Gasteiger partial charge in [-0.05, 0) is 26.0 Å². The molecule has 0 unspecified atom stereocenters. The monoisotopic (exact) mass is 235 g/mol. The van der Waals surface area contributed by atoms with Gasteiger partial charge in [0.1, 0.15) is 11.3 Å². The van der Waals surface area contributed by atoms with Crippen molar-refractivity contribution < 1.29 is 19.4 Å². The molecular formula is C12H13NO4. The molecule has 0 atom stereocenters. The summed E-state index contributed by atoms with van der Waals surface area (Å²) in [4.78, 5) is 24.4. The lowest BCUT2D eigenvalue weighted by Gasteiger charge is -2.38. The number of aliphatic carboxylic acids is 1. The maximum atomic E-state index is 11.8. The van der Waals surface area contributed by atoms with Gasteiger partial charge in [0, 0.05) is 0 Å². The first-order chi connectivity index (χ1) is 7.94. The summed E-state index contributed by atoms with van der Waals surface area (Å²) in [5, 5.41) is 9.20. The Labute approximate surface area is 98.6 Å². The summed E-state index contributed by atoms with van der Waals surface area (Å²) in [5.74, 6) is -0.875. The first-order valence-electron chi connectivity index (χ1n) is 5.23. The van der Waals surface area contributed by atoms with Gasteiger partial charge in [0.05, 0.1) is 5.69 Å². The van der Waals surface area contributed by atoms with Crippen LogP contribution in [0.3, 0.4) is 0 Å². The minimum atomic E-state index is -1.29. The molecule has 1 aromatic rings. The first kappa shape index (κ1) is 11.4. The Bertz CT molecular complexity index is 481. The van der Waals surface area contributed by atoms with Crippen molar-refractivity contribution in [3.05, 3.63) is 24.3 Å². The lowest BCUT2D eigenvalue weighted by Crippen LogP contribution is -2.56. The lowest BCUT2D eigenvalue weighted by atomic mass is 10.0. The van der Waals surface area contributed by atoms with Crippen LogP contribution in [0.1, 0.15) is 13.8 Å². The number of rotatable bonds is 2. The zero-order valence-electron chi connectivity index (χ0n) is 9.64. The number of carbonyl (C=O) groups is 2. The molecule has 17 heavy (non-hydrogen) atoms. The Morgan fingerprint density at radius 3 is 2.71 bits per heavy atom. The van der Waals surface area contributed by atoms with Crippen molar-refractivity contribution in [2.45, 2.75) is 19.4 Å². The van der Waals surface area contributed by atoms with E-state index in [2.05, 4.69) is 0 Å². The quantitative estimate of drug-likeness (QED) is 0.838. The van der Waals surface area contributed by atoms with Crippen LogP contribution in [0.4, 0.5) is 5.69 Å². The van der Waals surface area contributed by atoms with E-state index in [1.54, 1.807) is 24.3 Å². The number of carboxylic acid groups (broad SMARTS) is 1. The van der Waals surface area contributed by atoms with Crippen molar-refractivity contribution in [1.82, 2.24) is 0 Å². The van der Waals surface area contributed by atoms with Crippen LogP contribution in [0.15, 0.2) is 24.3 Å². The van der Waals surface area contributed by atoms with Gasteiger partial charge in [-0.2, -0.15) is 0 Å². The molecule has 5 nitrogen and oxygen atoms in total. The van der Waals surface area contributed by atoms with Crippen LogP contribution < -0.4 is 9.64 Å². The van der Waals surface area contributed by atoms with Crippen LogP contribution in [0.2, 0.25) is 0 Å². The number of carboxylic acids is 1. The molecule has 1 N–H and O–H groups in total. The van der Waals surface area contributed by atoms with Crippen LogP contribution in [-0.4, -0.2) is 29.1 Å². The molecule has 1 heterocycles. The van der Waals surface area contributed by atoms with Crippen LogP contribution in [-0.2, 0) is 9.59 Å². The molecule has 2 rings (SSSR count). The van der Waals surface area contributed by atoms with E-state index in [-0.39, 0.29) is 12.5 Å². The zero-order chi connectivity index (χ0) is 12.6. The van der Waals surface area contributed by atoms with Crippen molar-refractivity contribution in [2.24, 2.45) is 0 Å². The number of ether oxygens (including phenoxy) is 1. The molecule has 0 fully saturated rings. The van der Waals surface area contributed by atoms with E-state index in [0.29, 0.717) is 11.4 Å². The van der Waals surface area contributed by atoms with Gasteiger partial charge >= 0.3 is 5.97 Å². The maximum absolute atomic E-state index is 11.8. The number of carbonyl (C=O) groups excluding carboxylic acids is 1. The smallest absolute Gasteiger partial charge is 0.329 e. The van der Waals surface area contributed by atoms with Crippen molar-refractivity contribution >= 4 is 17.6 Å². The average molecular weight is 235 g/mol. The maximum Gasteiger partial charge on any atom is 0.329 e. The highest BCUT2D eigenvalue weighted by Crippen LogP contribution is 2.36. The SMILES string of the molecule is CC(C)(C(=O)O)N1C(=O)COc2ccccc21. The number of benzene rings is 1. The topological polar surface area (TPSA) is 66.8 Å². The molecule has 0 aliphatic carbocycles. The van der Waals surface area contributed by atoms with E-state index in [9.17, 15) is 14.7 Å². The van der Waals surface area contributed by atoms with Gasteiger partial charge in [-0.1, -0.05) is 12.1 Å². The van der Waals surface area contributed by atoms with Gasteiger partial charge in [-0.25, -0.2) is 4.79 Å². The standard InChI is InChI=1S/C12H13NO4/c1-12(2,11(15)16)13-8-5-3-4-6-9(8)17-7-10(13)14/h3-6H,7H2,1-2H3,(H,15,16). The minimum Gasteiger partial charge on any atom is -0.482 e. The highest BCUT2D eigenvalue weighted by molar-refractivity contribution is 6.04. The number of para-hydroxylation sites is 2. The highest BCUT2D eigenvalue weighted by Gasteiger charge is 2.42. The van der Waals surface area contributed by atoms with Crippen molar-refractivity contribution in [3.63, 3.8) is 0 Å². The summed E-state index contributed by atoms with van der Waals surface area (Å²) in [6, 6.07) is 6.91. The Morgan fingerprint density at radius 2 is 2.06 bits per heavy atom. The van der Waals surface area contributed by atoms with Crippen LogP contribution in [0, 0.1) is 0 Å². The Hall–Kier alpha value is -2.04. The number of fused-ring (bicyclic) bond motifs is 1. The summed E-state index contributed by atoms with van der Waals surface area (Å²) in [6.07, 6.45) is 0. The molecule has 0 spiro atoms. The molecular weight excluding hydrogens is 222 g/mol. The highest BCUT2D eigenvalue weighted by atomic mass is 16.5. The second-order valence-corrected chi connectivity index (χ2v) is 4.35. The van der Waals surface area contributed by atoms with Crippen molar-refractivity contribution in [2.75, 3.05) is 11.5 Å². The van der Waals surface area contributed by atoms with Gasteiger partial charge in [0.25, 0.3) is 5.91 Å². The second-order valence-electron chi connectivity index (χ2n) is 4.35. The Morgan fingerprint density at radius 1 is 1.41 bits per heavy atom. The molecule has 0 aromatic heterocycles. The number of nitrogens with zero attached hydrogens (tertiary/aromatic N) is 1. The van der Waals surface area contributed by atoms with E-state index in [1.807, 2.05) is 0 Å². The van der Waals surface area contributed by atoms with Crippen LogP contribution >= 0.6 is 0 Å². The summed E-state index contributed by atoms with van der Waals surface area (Å²) in [7, 11) is 0. The third-order valence-electron chi connectivity index (χ3n) is 2.79. The normalized spacial score (nSPS) is 15.2. The van der Waals surface area contributed by atoms with E-state index < -0.39 is 11.5 Å². The fourth-order valence-corrected chi connectivity index (χ4v) is 1.81. The second kappa shape index (κ2) is 3.76. The fraction of sp³-hybridized carbons (Fsp3) is 0.333. The van der Waals surface area contributed by atoms with Gasteiger partial charge in [-0.15, -0.1) is 0 Å². The molecule has 0 bridgehead atoms. The molecule has 1 aliphatic heterocycles. The van der Waals surface area contributed by atoms with E-state index in [0.717, 1.165) is 0 Å². The number of anilines is 1. The van der Waals surface area contributed by atoms with Gasteiger partial charge < -0.3 is 9.84 Å². The minimum absolute atomic E-state index is 0.131. The molecule has 0 saturated carbocycles. The third kappa shape index (κ3) is 1.73. The predicted octanol–water partition coefficient (Wildman–Crippen LogP) is 1.28. The summed E-state index contributed by atoms with van der Waals surface area (Å²) < 4.78 is 5.26. The van der Waals surface area contributed by atoms with E-state index in [4.69, 9.17) is 4.74 Å². The summed E-state index contributed by atoms with van der Waals surface area (Å²) in [5.41, 5.74) is -0.798. The van der Waals surface area contributed by atoms with E-state index in [1.165, 1.54) is 18.7 Å². The zero-order valence-corrected chi connectivity index (χ0v) is 9.64. The molecule has 1 aliphatic rings. The fourth-order valence-electron chi connectivity index (χ4n) is 1.81. The lowest BCUT2D eigenvalue weighted by molar-refractivity contribution is -0.144. The summed E-state index contributed by atoms with van der Waals surface area (Å²) >= 11 is 0. The summed E-state index contributed by atoms with van der Waals surface area (Å²) in [6.45, 7) is 2.86. The average Bonchev–Trinajstić information content (AvgIpc) is 2.28. The Kier molecular flexibility index (Phi) is 2.53. The predicted molar refractivity (Wildman–Crippen MR) is 61.1 cm³/mol. The number of hydrogen-bond donors (Lipinski definition) is 1. The van der Waals surface area contributed by atoms with Gasteiger partial charge in [0.2, 0.25) is 0 Å². The molecule has 0 radical (unpaired) electrons. The van der Waals surface area contributed by atoms with Gasteiger partial charge in [-0.3, -0.25) is 9.69 Å². The molecule has 5 heteroatoms. The molecule has 0 saturated heterocycles. The van der Waals surface area contributed by atoms with Gasteiger partial charge in [0.15, 0.2) is 6.61 Å². The van der Waals surface area contributed by atoms with Crippen LogP contribution in [0.25, 0.3) is 0 Å². The largest absolute Gasteiger partial charge is 0.482 e. The third-order valence-corrected chi connectivity index (χ3v) is 2.79. The van der Waals surface area contributed by atoms with Crippen LogP contribution in [0.5, 0.6) is 5.75 Å². The molecule has 90 valence electrons. The van der Waals surface area contributed by atoms with E-state index >= 15 is 0 Å².